The van der Waals surface area contributed by atoms with Crippen LogP contribution in [-0.2, 0) is 11.3 Å². The Kier molecular flexibility index (Phi) is 3.96. The molecule has 0 spiro atoms. The molecular formula is C17H16N4O. The van der Waals surface area contributed by atoms with Crippen LogP contribution in [0.5, 0.6) is 0 Å². The molecule has 0 radical (unpaired) electrons. The molecule has 0 saturated heterocycles. The highest BCUT2D eigenvalue weighted by atomic mass is 16.1. The van der Waals surface area contributed by atoms with Gasteiger partial charge in [-0.25, -0.2) is 0 Å². The second kappa shape index (κ2) is 6.22. The number of pyridine rings is 1. The van der Waals surface area contributed by atoms with Crippen LogP contribution in [0.4, 0.5) is 0 Å². The van der Waals surface area contributed by atoms with E-state index in [0.717, 1.165) is 16.8 Å². The SMILES string of the molecule is Cc1cccc(/C=C/C(=O)NCc2nnc3ccccn23)c1. The van der Waals surface area contributed by atoms with Crippen LogP contribution < -0.4 is 5.32 Å². The molecule has 0 saturated carbocycles. The lowest BCUT2D eigenvalue weighted by atomic mass is 10.1. The predicted molar refractivity (Wildman–Crippen MR) is 85.0 cm³/mol. The van der Waals surface area contributed by atoms with E-state index in [1.165, 1.54) is 6.08 Å². The van der Waals surface area contributed by atoms with Crippen molar-refractivity contribution in [2.45, 2.75) is 13.5 Å². The number of hydrogen-bond acceptors (Lipinski definition) is 3. The van der Waals surface area contributed by atoms with Crippen molar-refractivity contribution in [2.24, 2.45) is 0 Å². The molecular weight excluding hydrogens is 276 g/mol. The minimum Gasteiger partial charge on any atom is -0.345 e. The average Bonchev–Trinajstić information content (AvgIpc) is 2.94. The summed E-state index contributed by atoms with van der Waals surface area (Å²) in [7, 11) is 0. The van der Waals surface area contributed by atoms with Gasteiger partial charge >= 0.3 is 0 Å². The van der Waals surface area contributed by atoms with Crippen LogP contribution in [0.2, 0.25) is 0 Å². The summed E-state index contributed by atoms with van der Waals surface area (Å²) in [5, 5.41) is 10.9. The first-order valence-electron chi connectivity index (χ1n) is 7.03. The van der Waals surface area contributed by atoms with Crippen molar-refractivity contribution in [1.29, 1.82) is 0 Å². The van der Waals surface area contributed by atoms with Gasteiger partial charge < -0.3 is 5.32 Å². The Morgan fingerprint density at radius 3 is 3.00 bits per heavy atom. The van der Waals surface area contributed by atoms with Gasteiger partial charge in [0, 0.05) is 12.3 Å². The highest BCUT2D eigenvalue weighted by Gasteiger charge is 2.05. The van der Waals surface area contributed by atoms with Gasteiger partial charge in [-0.2, -0.15) is 0 Å². The first-order chi connectivity index (χ1) is 10.7. The average molecular weight is 292 g/mol. The summed E-state index contributed by atoms with van der Waals surface area (Å²) in [5.41, 5.74) is 2.93. The lowest BCUT2D eigenvalue weighted by molar-refractivity contribution is -0.116. The standard InChI is InChI=1S/C17H16N4O/c1-13-5-4-6-14(11-13)8-9-17(22)18-12-16-20-19-15-7-2-3-10-21(15)16/h2-11H,12H2,1H3,(H,18,22)/b9-8+. The van der Waals surface area contributed by atoms with Crippen LogP contribution in [-0.4, -0.2) is 20.5 Å². The smallest absolute Gasteiger partial charge is 0.244 e. The highest BCUT2D eigenvalue weighted by molar-refractivity contribution is 5.91. The van der Waals surface area contributed by atoms with Gasteiger partial charge in [-0.15, -0.1) is 10.2 Å². The molecule has 0 aliphatic carbocycles. The highest BCUT2D eigenvalue weighted by Crippen LogP contribution is 2.06. The summed E-state index contributed by atoms with van der Waals surface area (Å²) < 4.78 is 1.85. The molecule has 0 bridgehead atoms. The van der Waals surface area contributed by atoms with Crippen molar-refractivity contribution in [2.75, 3.05) is 0 Å². The summed E-state index contributed by atoms with van der Waals surface area (Å²) in [6.45, 7) is 2.36. The van der Waals surface area contributed by atoms with Crippen molar-refractivity contribution < 1.29 is 4.79 Å². The lowest BCUT2D eigenvalue weighted by Gasteiger charge is -2.01. The Morgan fingerprint density at radius 2 is 2.14 bits per heavy atom. The summed E-state index contributed by atoms with van der Waals surface area (Å²) in [5.74, 6) is 0.544. The number of carbonyl (C=O) groups is 1. The maximum atomic E-state index is 11.9. The number of benzene rings is 1. The molecule has 0 fully saturated rings. The van der Waals surface area contributed by atoms with E-state index in [4.69, 9.17) is 0 Å². The first kappa shape index (κ1) is 14.0. The quantitative estimate of drug-likeness (QED) is 0.751. The topological polar surface area (TPSA) is 59.3 Å². The number of rotatable bonds is 4. The number of fused-ring (bicyclic) bond motifs is 1. The second-order valence-electron chi connectivity index (χ2n) is 5.01. The van der Waals surface area contributed by atoms with Crippen molar-refractivity contribution in [1.82, 2.24) is 19.9 Å². The Bertz CT molecular complexity index is 835. The summed E-state index contributed by atoms with van der Waals surface area (Å²) in [4.78, 5) is 11.9. The van der Waals surface area contributed by atoms with Crippen molar-refractivity contribution in [3.63, 3.8) is 0 Å². The van der Waals surface area contributed by atoms with Crippen LogP contribution in [0.15, 0.2) is 54.7 Å². The molecule has 3 rings (SSSR count). The van der Waals surface area contributed by atoms with E-state index in [-0.39, 0.29) is 5.91 Å². The first-order valence-corrected chi connectivity index (χ1v) is 7.03. The number of hydrogen-bond donors (Lipinski definition) is 1. The van der Waals surface area contributed by atoms with E-state index in [1.807, 2.05) is 60.0 Å². The third kappa shape index (κ3) is 3.20. The molecule has 0 aliphatic rings. The van der Waals surface area contributed by atoms with Crippen LogP contribution in [0, 0.1) is 6.92 Å². The second-order valence-corrected chi connectivity index (χ2v) is 5.01. The summed E-state index contributed by atoms with van der Waals surface area (Å²) >= 11 is 0. The fourth-order valence-electron chi connectivity index (χ4n) is 2.18. The molecule has 2 heterocycles. The molecule has 5 nitrogen and oxygen atoms in total. The number of nitrogens with one attached hydrogen (secondary N) is 1. The fraction of sp³-hybridized carbons (Fsp3) is 0.118. The Hall–Kier alpha value is -2.95. The van der Waals surface area contributed by atoms with Crippen molar-refractivity contribution in [3.8, 4) is 0 Å². The molecule has 22 heavy (non-hydrogen) atoms. The number of nitrogens with zero attached hydrogens (tertiary/aromatic N) is 3. The van der Waals surface area contributed by atoms with E-state index in [0.29, 0.717) is 12.4 Å². The molecule has 0 aliphatic heterocycles. The Balaban J connectivity index is 1.63. The maximum absolute atomic E-state index is 11.9. The zero-order chi connectivity index (χ0) is 15.4. The van der Waals surface area contributed by atoms with E-state index in [1.54, 1.807) is 6.08 Å². The summed E-state index contributed by atoms with van der Waals surface area (Å²) in [6, 6.07) is 13.6. The maximum Gasteiger partial charge on any atom is 0.244 e. The van der Waals surface area contributed by atoms with Gasteiger partial charge in [0.1, 0.15) is 0 Å². The van der Waals surface area contributed by atoms with Gasteiger partial charge in [0.2, 0.25) is 5.91 Å². The van der Waals surface area contributed by atoms with Crippen LogP contribution >= 0.6 is 0 Å². The third-order valence-electron chi connectivity index (χ3n) is 3.27. The molecule has 1 N–H and O–H groups in total. The van der Waals surface area contributed by atoms with Crippen LogP contribution in [0.1, 0.15) is 17.0 Å². The van der Waals surface area contributed by atoms with E-state index < -0.39 is 0 Å². The normalized spacial score (nSPS) is 11.1. The third-order valence-corrected chi connectivity index (χ3v) is 3.27. The molecule has 0 unspecified atom stereocenters. The molecule has 1 aromatic carbocycles. The van der Waals surface area contributed by atoms with Gasteiger partial charge in [0.15, 0.2) is 11.5 Å². The van der Waals surface area contributed by atoms with Gasteiger partial charge in [0.25, 0.3) is 0 Å². The number of aromatic nitrogens is 3. The van der Waals surface area contributed by atoms with E-state index >= 15 is 0 Å². The zero-order valence-corrected chi connectivity index (χ0v) is 12.2. The largest absolute Gasteiger partial charge is 0.345 e. The molecule has 3 aromatic rings. The van der Waals surface area contributed by atoms with Crippen molar-refractivity contribution >= 4 is 17.6 Å². The molecule has 5 heteroatoms. The predicted octanol–water partition coefficient (Wildman–Crippen LogP) is 2.37. The van der Waals surface area contributed by atoms with Gasteiger partial charge in [-0.3, -0.25) is 9.20 Å². The summed E-state index contributed by atoms with van der Waals surface area (Å²) in [6.07, 6.45) is 5.20. The van der Waals surface area contributed by atoms with Gasteiger partial charge in [-0.1, -0.05) is 35.9 Å². The Labute approximate surface area is 128 Å². The number of aryl methyl sites for hydroxylation is 1. The fourth-order valence-corrected chi connectivity index (χ4v) is 2.18. The van der Waals surface area contributed by atoms with E-state index in [9.17, 15) is 4.79 Å². The lowest BCUT2D eigenvalue weighted by Crippen LogP contribution is -2.21. The minimum atomic E-state index is -0.158. The van der Waals surface area contributed by atoms with Crippen LogP contribution in [0.25, 0.3) is 11.7 Å². The van der Waals surface area contributed by atoms with Gasteiger partial charge in [-0.05, 0) is 30.7 Å². The van der Waals surface area contributed by atoms with Crippen LogP contribution in [0.3, 0.4) is 0 Å². The van der Waals surface area contributed by atoms with E-state index in [2.05, 4.69) is 15.5 Å². The molecule has 1 amide bonds. The molecule has 110 valence electrons. The zero-order valence-electron chi connectivity index (χ0n) is 12.2. The number of carbonyl (C=O) groups excluding carboxylic acids is 1. The van der Waals surface area contributed by atoms with Gasteiger partial charge in [0.05, 0.1) is 6.54 Å². The molecule has 0 atom stereocenters. The minimum absolute atomic E-state index is 0.158. The number of amides is 1. The monoisotopic (exact) mass is 292 g/mol. The van der Waals surface area contributed by atoms with Crippen molar-refractivity contribution in [3.05, 3.63) is 71.7 Å². The Morgan fingerprint density at radius 1 is 1.23 bits per heavy atom. The molecule has 2 aromatic heterocycles.